The number of esters is 1. The average Bonchev–Trinajstić information content (AvgIpc) is 2.57. The highest BCUT2D eigenvalue weighted by Crippen LogP contribution is 2.10. The number of rotatable bonds is 10. The van der Waals surface area contributed by atoms with Crippen molar-refractivity contribution in [2.75, 3.05) is 6.61 Å². The number of carbonyl (C=O) groups excluding carboxylic acids is 3. The first kappa shape index (κ1) is 19.7. The minimum absolute atomic E-state index is 0.133. The molecule has 6 heteroatoms. The number of hydrogen-bond acceptors (Lipinski definition) is 5. The van der Waals surface area contributed by atoms with Crippen molar-refractivity contribution in [2.24, 2.45) is 0 Å². The van der Waals surface area contributed by atoms with E-state index in [-0.39, 0.29) is 18.8 Å². The van der Waals surface area contributed by atoms with Crippen molar-refractivity contribution in [3.63, 3.8) is 0 Å². The van der Waals surface area contributed by atoms with Gasteiger partial charge in [-0.2, -0.15) is 0 Å². The summed E-state index contributed by atoms with van der Waals surface area (Å²) in [5, 5.41) is 2.31. The zero-order valence-corrected chi connectivity index (χ0v) is 14.2. The monoisotopic (exact) mass is 335 g/mol. The van der Waals surface area contributed by atoms with Crippen LogP contribution in [0.2, 0.25) is 0 Å². The first-order valence-electron chi connectivity index (χ1n) is 8.31. The van der Waals surface area contributed by atoms with Gasteiger partial charge in [0.1, 0.15) is 5.75 Å². The number of ketones is 1. The summed E-state index contributed by atoms with van der Waals surface area (Å²) in [6.07, 6.45) is 3.03. The lowest BCUT2D eigenvalue weighted by Gasteiger charge is -2.16. The van der Waals surface area contributed by atoms with E-state index in [1.165, 1.54) is 0 Å². The van der Waals surface area contributed by atoms with Gasteiger partial charge in [0.25, 0.3) is 0 Å². The Morgan fingerprint density at radius 1 is 1.04 bits per heavy atom. The molecule has 24 heavy (non-hydrogen) atoms. The molecule has 0 radical (unpaired) electrons. The number of Topliss-reactive ketones (excluding diaryl/α,β-unsaturated/α-hetero) is 1. The fourth-order valence-corrected chi connectivity index (χ4v) is 2.11. The molecule has 6 nitrogen and oxygen atoms in total. The fourth-order valence-electron chi connectivity index (χ4n) is 2.11. The summed E-state index contributed by atoms with van der Waals surface area (Å²) in [6, 6.07) is 7.08. The van der Waals surface area contributed by atoms with Crippen LogP contribution in [0, 0.1) is 0 Å². The van der Waals surface area contributed by atoms with Crippen LogP contribution in [0.5, 0.6) is 5.75 Å². The third-order valence-corrected chi connectivity index (χ3v) is 3.34. The highest BCUT2D eigenvalue weighted by molar-refractivity contribution is 6.05. The molecule has 0 aromatic heterocycles. The molecule has 1 atom stereocenters. The van der Waals surface area contributed by atoms with E-state index in [4.69, 9.17) is 9.47 Å². The lowest BCUT2D eigenvalue weighted by Crippen LogP contribution is -2.48. The zero-order valence-electron chi connectivity index (χ0n) is 14.2. The number of ether oxygens (including phenoxy) is 2. The molecule has 0 spiro atoms. The predicted octanol–water partition coefficient (Wildman–Crippen LogP) is 3.25. The Bertz CT molecular complexity index is 529. The van der Waals surface area contributed by atoms with Gasteiger partial charge in [0.15, 0.2) is 11.8 Å². The Hall–Kier alpha value is -2.37. The fraction of sp³-hybridized carbons (Fsp3) is 0.500. The van der Waals surface area contributed by atoms with E-state index in [2.05, 4.69) is 12.2 Å². The SMILES string of the molecule is CCCCCCC(=O)C(NC(=O)Oc1ccccc1)C(=O)OCC. The van der Waals surface area contributed by atoms with Gasteiger partial charge >= 0.3 is 12.1 Å². The molecular weight excluding hydrogens is 310 g/mol. The van der Waals surface area contributed by atoms with E-state index < -0.39 is 18.1 Å². The van der Waals surface area contributed by atoms with E-state index in [0.29, 0.717) is 12.2 Å². The van der Waals surface area contributed by atoms with E-state index in [1.54, 1.807) is 37.3 Å². The van der Waals surface area contributed by atoms with Crippen molar-refractivity contribution < 1.29 is 23.9 Å². The summed E-state index contributed by atoms with van der Waals surface area (Å²) >= 11 is 0. The van der Waals surface area contributed by atoms with Crippen molar-refractivity contribution in [3.05, 3.63) is 30.3 Å². The molecule has 0 saturated carbocycles. The number of carbonyl (C=O) groups is 3. The lowest BCUT2D eigenvalue weighted by atomic mass is 10.1. The van der Waals surface area contributed by atoms with E-state index in [9.17, 15) is 14.4 Å². The Morgan fingerprint density at radius 3 is 2.38 bits per heavy atom. The molecule has 0 aliphatic rings. The quantitative estimate of drug-likeness (QED) is 0.403. The van der Waals surface area contributed by atoms with Gasteiger partial charge in [-0.25, -0.2) is 9.59 Å². The Morgan fingerprint density at radius 2 is 1.75 bits per heavy atom. The molecule has 1 amide bonds. The summed E-state index contributed by atoms with van der Waals surface area (Å²) < 4.78 is 9.93. The molecule has 0 heterocycles. The van der Waals surface area contributed by atoms with Crippen LogP contribution in [0.25, 0.3) is 0 Å². The van der Waals surface area contributed by atoms with Crippen LogP contribution in [0.15, 0.2) is 30.3 Å². The highest BCUT2D eigenvalue weighted by Gasteiger charge is 2.29. The van der Waals surface area contributed by atoms with Crippen LogP contribution in [-0.2, 0) is 14.3 Å². The molecule has 0 saturated heterocycles. The molecular formula is C18H25NO5. The van der Waals surface area contributed by atoms with Gasteiger partial charge in [0, 0.05) is 6.42 Å². The van der Waals surface area contributed by atoms with Crippen LogP contribution in [-0.4, -0.2) is 30.5 Å². The van der Waals surface area contributed by atoms with Gasteiger partial charge in [-0.3, -0.25) is 4.79 Å². The molecule has 132 valence electrons. The second-order valence-electron chi connectivity index (χ2n) is 5.31. The normalized spacial score (nSPS) is 11.4. The lowest BCUT2D eigenvalue weighted by molar-refractivity contribution is -0.148. The smallest absolute Gasteiger partial charge is 0.413 e. The highest BCUT2D eigenvalue weighted by atomic mass is 16.6. The van der Waals surface area contributed by atoms with Crippen LogP contribution in [0.1, 0.15) is 46.0 Å². The van der Waals surface area contributed by atoms with Crippen molar-refractivity contribution >= 4 is 17.8 Å². The molecule has 1 N–H and O–H groups in total. The standard InChI is InChI=1S/C18H25NO5/c1-3-5-6-10-13-15(20)16(17(21)23-4-2)19-18(22)24-14-11-8-7-9-12-14/h7-9,11-12,16H,3-6,10,13H2,1-2H3,(H,19,22). The number of hydrogen-bond donors (Lipinski definition) is 1. The summed E-state index contributed by atoms with van der Waals surface area (Å²) in [5.74, 6) is -0.800. The second kappa shape index (κ2) is 11.2. The molecule has 1 unspecified atom stereocenters. The molecule has 0 fully saturated rings. The Kier molecular flexibility index (Phi) is 9.19. The maximum atomic E-state index is 12.2. The summed E-state index contributed by atoms with van der Waals surface area (Å²) in [4.78, 5) is 36.1. The summed E-state index contributed by atoms with van der Waals surface area (Å²) in [6.45, 7) is 3.85. The largest absolute Gasteiger partial charge is 0.464 e. The van der Waals surface area contributed by atoms with Gasteiger partial charge in [-0.05, 0) is 25.5 Å². The predicted molar refractivity (Wildman–Crippen MR) is 89.8 cm³/mol. The zero-order chi connectivity index (χ0) is 17.8. The van der Waals surface area contributed by atoms with Gasteiger partial charge in [0.2, 0.25) is 0 Å². The summed E-state index contributed by atoms with van der Waals surface area (Å²) in [5.41, 5.74) is 0. The van der Waals surface area contributed by atoms with Gasteiger partial charge in [-0.1, -0.05) is 44.4 Å². The number of unbranched alkanes of at least 4 members (excludes halogenated alkanes) is 3. The van der Waals surface area contributed by atoms with Crippen molar-refractivity contribution in [2.45, 2.75) is 52.0 Å². The van der Waals surface area contributed by atoms with Gasteiger partial charge in [-0.15, -0.1) is 0 Å². The molecule has 1 aromatic rings. The molecule has 1 rings (SSSR count). The third kappa shape index (κ3) is 7.26. The molecule has 1 aromatic carbocycles. The van der Waals surface area contributed by atoms with E-state index >= 15 is 0 Å². The maximum Gasteiger partial charge on any atom is 0.413 e. The number of amides is 1. The number of para-hydroxylation sites is 1. The van der Waals surface area contributed by atoms with Crippen molar-refractivity contribution in [1.29, 1.82) is 0 Å². The Labute approximate surface area is 142 Å². The van der Waals surface area contributed by atoms with E-state index in [0.717, 1.165) is 19.3 Å². The third-order valence-electron chi connectivity index (χ3n) is 3.34. The molecule has 0 aliphatic carbocycles. The van der Waals surface area contributed by atoms with Crippen LogP contribution in [0.4, 0.5) is 4.79 Å². The van der Waals surface area contributed by atoms with Crippen molar-refractivity contribution in [3.8, 4) is 5.75 Å². The first-order chi connectivity index (χ1) is 11.6. The van der Waals surface area contributed by atoms with Crippen LogP contribution < -0.4 is 10.1 Å². The molecule has 0 aliphatic heterocycles. The summed E-state index contributed by atoms with van der Waals surface area (Å²) in [7, 11) is 0. The van der Waals surface area contributed by atoms with E-state index in [1.807, 2.05) is 0 Å². The minimum Gasteiger partial charge on any atom is -0.464 e. The van der Waals surface area contributed by atoms with Crippen molar-refractivity contribution in [1.82, 2.24) is 5.32 Å². The first-order valence-corrected chi connectivity index (χ1v) is 8.31. The van der Waals surface area contributed by atoms with Crippen LogP contribution >= 0.6 is 0 Å². The van der Waals surface area contributed by atoms with Gasteiger partial charge < -0.3 is 14.8 Å². The van der Waals surface area contributed by atoms with Gasteiger partial charge in [0.05, 0.1) is 6.61 Å². The Balaban J connectivity index is 2.62. The van der Waals surface area contributed by atoms with Crippen LogP contribution in [0.3, 0.4) is 0 Å². The average molecular weight is 335 g/mol. The maximum absolute atomic E-state index is 12.2. The topological polar surface area (TPSA) is 81.7 Å². The number of benzene rings is 1. The minimum atomic E-state index is -1.33. The second-order valence-corrected chi connectivity index (χ2v) is 5.31. The number of nitrogens with one attached hydrogen (secondary N) is 1. The molecule has 0 bridgehead atoms.